The molecule has 2 bridgehead atoms. The maximum atomic E-state index is 12.2. The summed E-state index contributed by atoms with van der Waals surface area (Å²) in [6.45, 7) is 11.4. The number of ether oxygens (including phenoxy) is 2. The van der Waals surface area contributed by atoms with Gasteiger partial charge in [0.2, 0.25) is 0 Å². The van der Waals surface area contributed by atoms with Gasteiger partial charge in [-0.2, -0.15) is 0 Å². The van der Waals surface area contributed by atoms with Gasteiger partial charge in [0.1, 0.15) is 6.61 Å². The van der Waals surface area contributed by atoms with Gasteiger partial charge in [0.15, 0.2) is 0 Å². The van der Waals surface area contributed by atoms with Gasteiger partial charge in [-0.1, -0.05) is 49.8 Å². The van der Waals surface area contributed by atoms with E-state index in [-0.39, 0.29) is 17.4 Å². The minimum Gasteiger partial charge on any atom is -0.449 e. The highest BCUT2D eigenvalue weighted by molar-refractivity contribution is 5.84. The van der Waals surface area contributed by atoms with E-state index in [1.165, 1.54) is 5.57 Å². The van der Waals surface area contributed by atoms with Crippen molar-refractivity contribution in [3.05, 3.63) is 54.6 Å². The van der Waals surface area contributed by atoms with Crippen LogP contribution < -0.4 is 5.32 Å². The number of nitrogens with one attached hydrogen (secondary N) is 1. The van der Waals surface area contributed by atoms with E-state index in [0.717, 1.165) is 5.69 Å². The second-order valence-corrected chi connectivity index (χ2v) is 7.33. The number of benzene rings is 1. The number of amides is 1. The number of rotatable bonds is 4. The van der Waals surface area contributed by atoms with Gasteiger partial charge in [0.25, 0.3) is 0 Å². The zero-order valence-electron chi connectivity index (χ0n) is 15.2. The zero-order valence-corrected chi connectivity index (χ0v) is 15.2. The number of carbonyl (C=O) groups excluding carboxylic acids is 1. The van der Waals surface area contributed by atoms with E-state index >= 15 is 0 Å². The minimum atomic E-state index is -0.423. The average Bonchev–Trinajstić information content (AvgIpc) is 2.59. The first-order valence-corrected chi connectivity index (χ1v) is 8.89. The maximum Gasteiger partial charge on any atom is 0.411 e. The van der Waals surface area contributed by atoms with E-state index in [9.17, 15) is 4.79 Å². The molecule has 4 nitrogen and oxygen atoms in total. The Balaban J connectivity index is 1.72. The monoisotopic (exact) mass is 341 g/mol. The number of allylic oxidation sites excluding steroid dienone is 1. The Morgan fingerprint density at radius 2 is 2.12 bits per heavy atom. The molecule has 5 atom stereocenters. The third-order valence-electron chi connectivity index (χ3n) is 6.01. The summed E-state index contributed by atoms with van der Waals surface area (Å²) in [5.74, 6) is 0.936. The summed E-state index contributed by atoms with van der Waals surface area (Å²) in [5.41, 5.74) is 1.88. The summed E-state index contributed by atoms with van der Waals surface area (Å²) in [7, 11) is 0. The average molecular weight is 341 g/mol. The molecular weight excluding hydrogens is 314 g/mol. The second kappa shape index (κ2) is 7.04. The molecule has 1 aromatic carbocycles. The molecule has 0 radical (unpaired) electrons. The molecule has 0 saturated carbocycles. The molecule has 25 heavy (non-hydrogen) atoms. The van der Waals surface area contributed by atoms with E-state index in [1.54, 1.807) is 0 Å². The zero-order chi connectivity index (χ0) is 18.0. The Labute approximate surface area is 149 Å². The predicted molar refractivity (Wildman–Crippen MR) is 99.4 cm³/mol. The quantitative estimate of drug-likeness (QED) is 0.811. The fraction of sp³-hybridized carbons (Fsp3) is 0.476. The summed E-state index contributed by atoms with van der Waals surface area (Å²) in [6, 6.07) is 9.34. The van der Waals surface area contributed by atoms with Gasteiger partial charge >= 0.3 is 6.09 Å². The van der Waals surface area contributed by atoms with Crippen LogP contribution in [0.4, 0.5) is 10.5 Å². The Morgan fingerprint density at radius 3 is 2.80 bits per heavy atom. The first kappa shape index (κ1) is 17.7. The molecule has 1 aliphatic carbocycles. The molecule has 0 spiro atoms. The van der Waals surface area contributed by atoms with Crippen molar-refractivity contribution in [3.63, 3.8) is 0 Å². The van der Waals surface area contributed by atoms with Crippen LogP contribution in [0.3, 0.4) is 0 Å². The second-order valence-electron chi connectivity index (χ2n) is 7.33. The van der Waals surface area contributed by atoms with E-state index in [4.69, 9.17) is 9.47 Å². The van der Waals surface area contributed by atoms with Crippen molar-refractivity contribution in [2.75, 3.05) is 18.5 Å². The molecule has 1 fully saturated rings. The third-order valence-corrected chi connectivity index (χ3v) is 6.01. The summed E-state index contributed by atoms with van der Waals surface area (Å²) >= 11 is 0. The third kappa shape index (κ3) is 3.23. The smallest absolute Gasteiger partial charge is 0.411 e. The summed E-state index contributed by atoms with van der Waals surface area (Å²) in [6.07, 6.45) is 3.81. The fourth-order valence-electron chi connectivity index (χ4n) is 4.39. The largest absolute Gasteiger partial charge is 0.449 e. The van der Waals surface area contributed by atoms with Crippen LogP contribution in [0.5, 0.6) is 0 Å². The lowest BCUT2D eigenvalue weighted by atomic mass is 9.56. The molecule has 1 amide bonds. The molecule has 1 aromatic rings. The van der Waals surface area contributed by atoms with Crippen molar-refractivity contribution in [3.8, 4) is 0 Å². The van der Waals surface area contributed by atoms with Crippen LogP contribution in [-0.2, 0) is 9.47 Å². The van der Waals surface area contributed by atoms with Crippen molar-refractivity contribution in [1.29, 1.82) is 0 Å². The van der Waals surface area contributed by atoms with Crippen LogP contribution >= 0.6 is 0 Å². The Kier molecular flexibility index (Phi) is 5.00. The summed E-state index contributed by atoms with van der Waals surface area (Å²) in [5, 5.41) is 2.78. The highest BCUT2D eigenvalue weighted by Crippen LogP contribution is 2.52. The fourth-order valence-corrected chi connectivity index (χ4v) is 4.39. The molecule has 134 valence electrons. The number of hydrogen-bond acceptors (Lipinski definition) is 3. The maximum absolute atomic E-state index is 12.2. The summed E-state index contributed by atoms with van der Waals surface area (Å²) < 4.78 is 11.7. The van der Waals surface area contributed by atoms with E-state index in [0.29, 0.717) is 25.0 Å². The standard InChI is InChI=1S/C21H27NO3/c1-5-18-19-14(2)11-15(3)21(12-24-18,16(19)4)13-25-20(23)22-17-9-7-6-8-10-17/h5-11,15-16,18-19H,1,12-13H2,2-4H3,(H,22,23)/t15-,16+,18+,19-,21+/m0/s1. The Bertz CT molecular complexity index is 669. The van der Waals surface area contributed by atoms with Crippen molar-refractivity contribution in [1.82, 2.24) is 0 Å². The Morgan fingerprint density at radius 1 is 1.40 bits per heavy atom. The van der Waals surface area contributed by atoms with Gasteiger partial charge in [-0.25, -0.2) is 4.79 Å². The lowest BCUT2D eigenvalue weighted by molar-refractivity contribution is -0.148. The Hall–Kier alpha value is -2.07. The predicted octanol–water partition coefficient (Wildman–Crippen LogP) is 4.65. The van der Waals surface area contributed by atoms with E-state index in [1.807, 2.05) is 36.4 Å². The van der Waals surface area contributed by atoms with Crippen molar-refractivity contribution in [2.45, 2.75) is 26.9 Å². The van der Waals surface area contributed by atoms with Crippen molar-refractivity contribution >= 4 is 11.8 Å². The van der Waals surface area contributed by atoms with E-state index < -0.39 is 6.09 Å². The SMILES string of the molecule is C=C[C@H]1OC[C@]2(COC(=O)Nc3ccccc3)[C@H](C)[C@@H]1C(C)=C[C@@H]2C. The molecule has 4 heteroatoms. The lowest BCUT2D eigenvalue weighted by Gasteiger charge is -2.54. The van der Waals surface area contributed by atoms with Crippen LogP contribution in [0.15, 0.2) is 54.6 Å². The molecule has 1 saturated heterocycles. The van der Waals surface area contributed by atoms with Crippen LogP contribution in [0.1, 0.15) is 20.8 Å². The number of hydrogen-bond donors (Lipinski definition) is 1. The first-order valence-electron chi connectivity index (χ1n) is 8.89. The van der Waals surface area contributed by atoms with Crippen LogP contribution in [0, 0.1) is 23.2 Å². The molecule has 0 unspecified atom stereocenters. The van der Waals surface area contributed by atoms with Gasteiger partial charge < -0.3 is 9.47 Å². The molecule has 3 rings (SSSR count). The first-order chi connectivity index (χ1) is 12.0. The lowest BCUT2D eigenvalue weighted by Crippen LogP contribution is -2.56. The molecule has 2 aliphatic rings. The van der Waals surface area contributed by atoms with Gasteiger partial charge in [-0.05, 0) is 30.9 Å². The van der Waals surface area contributed by atoms with Crippen LogP contribution in [0.2, 0.25) is 0 Å². The number of para-hydroxylation sites is 1. The normalized spacial score (nSPS) is 34.0. The van der Waals surface area contributed by atoms with Gasteiger partial charge in [0, 0.05) is 17.0 Å². The summed E-state index contributed by atoms with van der Waals surface area (Å²) in [4.78, 5) is 12.2. The van der Waals surface area contributed by atoms with Crippen LogP contribution in [-0.4, -0.2) is 25.4 Å². The highest BCUT2D eigenvalue weighted by Gasteiger charge is 2.53. The van der Waals surface area contributed by atoms with Gasteiger partial charge in [-0.15, -0.1) is 6.58 Å². The van der Waals surface area contributed by atoms with Gasteiger partial charge in [-0.3, -0.25) is 5.32 Å². The van der Waals surface area contributed by atoms with Crippen LogP contribution in [0.25, 0.3) is 0 Å². The topological polar surface area (TPSA) is 47.6 Å². The molecular formula is C21H27NO3. The highest BCUT2D eigenvalue weighted by atomic mass is 16.6. The molecule has 0 aromatic heterocycles. The van der Waals surface area contributed by atoms with Crippen molar-refractivity contribution < 1.29 is 14.3 Å². The van der Waals surface area contributed by atoms with Gasteiger partial charge in [0.05, 0.1) is 12.7 Å². The minimum absolute atomic E-state index is 0.0324. The number of carbonyl (C=O) groups is 1. The molecule has 1 heterocycles. The van der Waals surface area contributed by atoms with E-state index in [2.05, 4.69) is 38.7 Å². The molecule has 1 N–H and O–H groups in total. The number of anilines is 1. The van der Waals surface area contributed by atoms with Crippen molar-refractivity contribution in [2.24, 2.45) is 23.2 Å². The molecule has 1 aliphatic heterocycles. The number of fused-ring (bicyclic) bond motifs is 2.